The molecule has 0 bridgehead atoms. The van der Waals surface area contributed by atoms with Crippen LogP contribution in [-0.2, 0) is 12.0 Å². The van der Waals surface area contributed by atoms with E-state index in [1.54, 1.807) is 0 Å². The van der Waals surface area contributed by atoms with Crippen LogP contribution >= 0.6 is 31.9 Å². The van der Waals surface area contributed by atoms with Crippen molar-refractivity contribution < 1.29 is 5.11 Å². The Bertz CT molecular complexity index is 532. The highest BCUT2D eigenvalue weighted by Crippen LogP contribution is 2.27. The first-order valence-electron chi connectivity index (χ1n) is 5.70. The topological polar surface area (TPSA) is 20.2 Å². The highest BCUT2D eigenvalue weighted by molar-refractivity contribution is 9.10. The van der Waals surface area contributed by atoms with Crippen LogP contribution in [0.15, 0.2) is 57.5 Å². The molecule has 3 heteroatoms. The van der Waals surface area contributed by atoms with Crippen LogP contribution in [-0.4, -0.2) is 5.11 Å². The Morgan fingerprint density at radius 2 is 1.67 bits per heavy atom. The lowest BCUT2D eigenvalue weighted by atomic mass is 9.89. The summed E-state index contributed by atoms with van der Waals surface area (Å²) in [6.45, 7) is 1.84. The van der Waals surface area contributed by atoms with E-state index in [-0.39, 0.29) is 0 Å². The van der Waals surface area contributed by atoms with Crippen LogP contribution in [0.1, 0.15) is 18.1 Å². The zero-order valence-corrected chi connectivity index (χ0v) is 13.2. The van der Waals surface area contributed by atoms with Gasteiger partial charge in [0.1, 0.15) is 0 Å². The van der Waals surface area contributed by atoms with Gasteiger partial charge in [-0.15, -0.1) is 0 Å². The van der Waals surface area contributed by atoms with E-state index in [9.17, 15) is 5.11 Å². The molecule has 94 valence electrons. The number of benzene rings is 2. The van der Waals surface area contributed by atoms with E-state index in [1.165, 1.54) is 0 Å². The minimum atomic E-state index is -0.863. The van der Waals surface area contributed by atoms with Gasteiger partial charge in [-0.3, -0.25) is 0 Å². The first-order valence-corrected chi connectivity index (χ1v) is 7.29. The summed E-state index contributed by atoms with van der Waals surface area (Å²) in [6.07, 6.45) is 0.594. The summed E-state index contributed by atoms with van der Waals surface area (Å²) in [5, 5.41) is 10.6. The summed E-state index contributed by atoms with van der Waals surface area (Å²) >= 11 is 6.84. The molecule has 0 aliphatic heterocycles. The third kappa shape index (κ3) is 3.44. The molecule has 0 spiro atoms. The van der Waals surface area contributed by atoms with E-state index in [0.29, 0.717) is 6.42 Å². The fourth-order valence-corrected chi connectivity index (χ4v) is 2.59. The molecule has 0 aliphatic carbocycles. The van der Waals surface area contributed by atoms with Gasteiger partial charge in [-0.05, 0) is 42.3 Å². The first-order chi connectivity index (χ1) is 8.47. The van der Waals surface area contributed by atoms with Crippen molar-refractivity contribution in [1.29, 1.82) is 0 Å². The molecule has 0 saturated heterocycles. The average Bonchev–Trinajstić information content (AvgIpc) is 2.32. The van der Waals surface area contributed by atoms with E-state index in [0.717, 1.165) is 20.1 Å². The summed E-state index contributed by atoms with van der Waals surface area (Å²) in [4.78, 5) is 0. The van der Waals surface area contributed by atoms with Gasteiger partial charge in [0, 0.05) is 15.4 Å². The lowest BCUT2D eigenvalue weighted by molar-refractivity contribution is 0.0575. The summed E-state index contributed by atoms with van der Waals surface area (Å²) in [5.41, 5.74) is 1.17. The van der Waals surface area contributed by atoms with Crippen molar-refractivity contribution in [3.05, 3.63) is 68.6 Å². The SMILES string of the molecule is CC(O)(Cc1ccc(Br)cc1)c1cccc(Br)c1. The quantitative estimate of drug-likeness (QED) is 0.833. The molecule has 0 heterocycles. The number of halogens is 2. The average molecular weight is 370 g/mol. The van der Waals surface area contributed by atoms with E-state index in [4.69, 9.17) is 0 Å². The maximum absolute atomic E-state index is 10.6. The Hall–Kier alpha value is -0.640. The molecule has 0 aliphatic rings. The van der Waals surface area contributed by atoms with Gasteiger partial charge in [0.2, 0.25) is 0 Å². The van der Waals surface area contributed by atoms with Gasteiger partial charge < -0.3 is 5.11 Å². The molecule has 0 amide bonds. The standard InChI is InChI=1S/C15H14Br2O/c1-15(18,12-3-2-4-14(17)9-12)10-11-5-7-13(16)8-6-11/h2-9,18H,10H2,1H3. The fourth-order valence-electron chi connectivity index (χ4n) is 1.93. The predicted octanol–water partition coefficient (Wildman–Crippen LogP) is 4.66. The van der Waals surface area contributed by atoms with Crippen molar-refractivity contribution in [3.63, 3.8) is 0 Å². The molecule has 2 rings (SSSR count). The first kappa shape index (κ1) is 13.8. The third-order valence-corrected chi connectivity index (χ3v) is 3.93. The summed E-state index contributed by atoms with van der Waals surface area (Å²) in [6, 6.07) is 15.8. The molecule has 1 N–H and O–H groups in total. The van der Waals surface area contributed by atoms with Gasteiger partial charge in [0.15, 0.2) is 0 Å². The number of hydrogen-bond donors (Lipinski definition) is 1. The molecule has 0 aromatic heterocycles. The second-order valence-corrected chi connectivity index (χ2v) is 6.42. The van der Waals surface area contributed by atoms with Gasteiger partial charge in [-0.1, -0.05) is 56.1 Å². The minimum absolute atomic E-state index is 0.594. The Morgan fingerprint density at radius 3 is 2.28 bits per heavy atom. The maximum atomic E-state index is 10.6. The third-order valence-electron chi connectivity index (χ3n) is 2.91. The maximum Gasteiger partial charge on any atom is 0.0909 e. The van der Waals surface area contributed by atoms with Gasteiger partial charge in [0.25, 0.3) is 0 Å². The zero-order valence-electron chi connectivity index (χ0n) is 10.0. The number of hydrogen-bond acceptors (Lipinski definition) is 1. The molecular formula is C15H14Br2O. The number of rotatable bonds is 3. The molecule has 0 radical (unpaired) electrons. The van der Waals surface area contributed by atoms with Crippen molar-refractivity contribution in [3.8, 4) is 0 Å². The molecule has 1 atom stereocenters. The lowest BCUT2D eigenvalue weighted by Crippen LogP contribution is -2.24. The summed E-state index contributed by atoms with van der Waals surface area (Å²) in [5.74, 6) is 0. The minimum Gasteiger partial charge on any atom is -0.385 e. The van der Waals surface area contributed by atoms with Crippen molar-refractivity contribution in [1.82, 2.24) is 0 Å². The van der Waals surface area contributed by atoms with Crippen LogP contribution in [0.4, 0.5) is 0 Å². The van der Waals surface area contributed by atoms with E-state index in [2.05, 4.69) is 31.9 Å². The summed E-state index contributed by atoms with van der Waals surface area (Å²) < 4.78 is 2.03. The van der Waals surface area contributed by atoms with E-state index >= 15 is 0 Å². The van der Waals surface area contributed by atoms with Gasteiger partial charge in [-0.25, -0.2) is 0 Å². The molecule has 18 heavy (non-hydrogen) atoms. The summed E-state index contributed by atoms with van der Waals surface area (Å²) in [7, 11) is 0. The normalized spacial score (nSPS) is 14.2. The smallest absolute Gasteiger partial charge is 0.0909 e. The van der Waals surface area contributed by atoms with Crippen molar-refractivity contribution in [2.45, 2.75) is 18.9 Å². The van der Waals surface area contributed by atoms with E-state index in [1.807, 2.05) is 55.5 Å². The Balaban J connectivity index is 2.23. The van der Waals surface area contributed by atoms with Crippen LogP contribution in [0, 0.1) is 0 Å². The Morgan fingerprint density at radius 1 is 1.00 bits per heavy atom. The molecule has 0 saturated carbocycles. The van der Waals surface area contributed by atoms with Crippen LogP contribution < -0.4 is 0 Å². The Kier molecular flexibility index (Phi) is 4.25. The van der Waals surface area contributed by atoms with Crippen LogP contribution in [0.3, 0.4) is 0 Å². The van der Waals surface area contributed by atoms with Gasteiger partial charge >= 0.3 is 0 Å². The zero-order chi connectivity index (χ0) is 13.2. The molecule has 1 unspecified atom stereocenters. The van der Waals surface area contributed by atoms with Crippen molar-refractivity contribution in [2.75, 3.05) is 0 Å². The van der Waals surface area contributed by atoms with Gasteiger partial charge in [-0.2, -0.15) is 0 Å². The lowest BCUT2D eigenvalue weighted by Gasteiger charge is -2.24. The van der Waals surface area contributed by atoms with E-state index < -0.39 is 5.60 Å². The molecule has 2 aromatic rings. The van der Waals surface area contributed by atoms with Crippen LogP contribution in [0.25, 0.3) is 0 Å². The monoisotopic (exact) mass is 368 g/mol. The number of aliphatic hydroxyl groups is 1. The fraction of sp³-hybridized carbons (Fsp3) is 0.200. The largest absolute Gasteiger partial charge is 0.385 e. The highest BCUT2D eigenvalue weighted by Gasteiger charge is 2.23. The Labute approximate surface area is 124 Å². The molecule has 0 fully saturated rings. The van der Waals surface area contributed by atoms with Crippen LogP contribution in [0.5, 0.6) is 0 Å². The highest BCUT2D eigenvalue weighted by atomic mass is 79.9. The molecule has 2 aromatic carbocycles. The van der Waals surface area contributed by atoms with Crippen molar-refractivity contribution >= 4 is 31.9 Å². The second-order valence-electron chi connectivity index (χ2n) is 4.59. The predicted molar refractivity (Wildman–Crippen MR) is 81.6 cm³/mol. The van der Waals surface area contributed by atoms with Gasteiger partial charge in [0.05, 0.1) is 5.60 Å². The molecular weight excluding hydrogens is 356 g/mol. The van der Waals surface area contributed by atoms with Crippen molar-refractivity contribution in [2.24, 2.45) is 0 Å². The van der Waals surface area contributed by atoms with Crippen LogP contribution in [0.2, 0.25) is 0 Å². The second kappa shape index (κ2) is 5.55. The molecule has 1 nitrogen and oxygen atoms in total.